The number of nitrogens with zero attached hydrogens (tertiary/aromatic N) is 3. The molecule has 1 saturated carbocycles. The van der Waals surface area contributed by atoms with E-state index in [1.807, 2.05) is 12.4 Å². The van der Waals surface area contributed by atoms with Gasteiger partial charge >= 0.3 is 0 Å². The van der Waals surface area contributed by atoms with Gasteiger partial charge in [-0.25, -0.2) is 0 Å². The zero-order valence-corrected chi connectivity index (χ0v) is 13.6. The molecule has 2 aliphatic heterocycles. The molecule has 3 aliphatic rings. The summed E-state index contributed by atoms with van der Waals surface area (Å²) in [5, 5.41) is 0. The molecule has 2 atom stereocenters. The van der Waals surface area contributed by atoms with Gasteiger partial charge in [0.2, 0.25) is 5.91 Å². The molecule has 124 valence electrons. The molecule has 0 radical (unpaired) electrons. The number of rotatable bonds is 4. The molecule has 3 heterocycles. The largest absolute Gasteiger partial charge is 0.375 e. The van der Waals surface area contributed by atoms with Crippen LogP contribution < -0.4 is 0 Å². The maximum absolute atomic E-state index is 12.4. The number of hydrogen-bond acceptors (Lipinski definition) is 4. The number of piperidine rings is 1. The van der Waals surface area contributed by atoms with E-state index in [1.54, 1.807) is 0 Å². The third-order valence-electron chi connectivity index (χ3n) is 5.35. The summed E-state index contributed by atoms with van der Waals surface area (Å²) in [6.45, 7) is 4.32. The van der Waals surface area contributed by atoms with Gasteiger partial charge in [0.1, 0.15) is 0 Å². The predicted molar refractivity (Wildman–Crippen MR) is 86.7 cm³/mol. The summed E-state index contributed by atoms with van der Waals surface area (Å²) < 4.78 is 5.98. The molecular formula is C18H25N3O2. The number of pyridine rings is 1. The molecule has 5 nitrogen and oxygen atoms in total. The van der Waals surface area contributed by atoms with E-state index in [1.165, 1.54) is 18.4 Å². The van der Waals surface area contributed by atoms with Gasteiger partial charge < -0.3 is 9.64 Å². The van der Waals surface area contributed by atoms with E-state index in [-0.39, 0.29) is 6.10 Å². The van der Waals surface area contributed by atoms with Crippen LogP contribution in [-0.2, 0) is 16.1 Å². The van der Waals surface area contributed by atoms with Crippen LogP contribution >= 0.6 is 0 Å². The van der Waals surface area contributed by atoms with Gasteiger partial charge in [-0.1, -0.05) is 0 Å². The second-order valence-electron chi connectivity index (χ2n) is 7.08. The lowest BCUT2D eigenvalue weighted by atomic mass is 9.97. The van der Waals surface area contributed by atoms with Crippen LogP contribution in [0.25, 0.3) is 0 Å². The third-order valence-corrected chi connectivity index (χ3v) is 5.35. The topological polar surface area (TPSA) is 45.7 Å². The second-order valence-corrected chi connectivity index (χ2v) is 7.08. The lowest BCUT2D eigenvalue weighted by molar-refractivity contribution is -0.143. The van der Waals surface area contributed by atoms with Crippen molar-refractivity contribution in [1.82, 2.24) is 14.8 Å². The highest BCUT2D eigenvalue weighted by Crippen LogP contribution is 2.33. The summed E-state index contributed by atoms with van der Waals surface area (Å²) >= 11 is 0. The molecule has 1 amide bonds. The summed E-state index contributed by atoms with van der Waals surface area (Å²) in [6.07, 6.45) is 8.16. The van der Waals surface area contributed by atoms with E-state index in [0.29, 0.717) is 17.9 Å². The predicted octanol–water partition coefficient (Wildman–Crippen LogP) is 1.68. The smallest absolute Gasteiger partial charge is 0.222 e. The molecule has 1 aromatic heterocycles. The number of aromatic nitrogens is 1. The van der Waals surface area contributed by atoms with Crippen molar-refractivity contribution in [2.45, 2.75) is 44.4 Å². The standard InChI is InChI=1S/C18H25N3O2/c22-18(11-14-1-2-14)21-8-5-17-16(13-21)20(9-10-23-17)12-15-3-6-19-7-4-15/h3-4,6-7,14,16-17H,1-2,5,8-13H2/t16-,17-/m0/s1. The first-order chi connectivity index (χ1) is 11.3. The van der Waals surface area contributed by atoms with Crippen molar-refractivity contribution < 1.29 is 9.53 Å². The van der Waals surface area contributed by atoms with E-state index in [9.17, 15) is 4.79 Å². The fraction of sp³-hybridized carbons (Fsp3) is 0.667. The van der Waals surface area contributed by atoms with Crippen molar-refractivity contribution >= 4 is 5.91 Å². The average Bonchev–Trinajstić information content (AvgIpc) is 3.40. The Hall–Kier alpha value is -1.46. The Morgan fingerprint density at radius 2 is 2.04 bits per heavy atom. The molecule has 5 heteroatoms. The van der Waals surface area contributed by atoms with Crippen molar-refractivity contribution in [3.8, 4) is 0 Å². The van der Waals surface area contributed by atoms with Crippen LogP contribution in [0.2, 0.25) is 0 Å². The Labute approximate surface area is 137 Å². The summed E-state index contributed by atoms with van der Waals surface area (Å²) in [4.78, 5) is 21.1. The van der Waals surface area contributed by atoms with Crippen molar-refractivity contribution in [2.75, 3.05) is 26.2 Å². The van der Waals surface area contributed by atoms with Gasteiger partial charge in [0.15, 0.2) is 0 Å². The summed E-state index contributed by atoms with van der Waals surface area (Å²) in [7, 11) is 0. The minimum atomic E-state index is 0.274. The zero-order valence-electron chi connectivity index (χ0n) is 13.6. The van der Waals surface area contributed by atoms with E-state index in [0.717, 1.165) is 45.6 Å². The molecule has 3 fully saturated rings. The van der Waals surface area contributed by atoms with Crippen molar-refractivity contribution in [1.29, 1.82) is 0 Å². The Morgan fingerprint density at radius 3 is 2.83 bits per heavy atom. The number of morpholine rings is 1. The van der Waals surface area contributed by atoms with Crippen LogP contribution in [-0.4, -0.2) is 59.1 Å². The molecule has 1 aliphatic carbocycles. The van der Waals surface area contributed by atoms with Crippen molar-refractivity contribution in [2.24, 2.45) is 5.92 Å². The lowest BCUT2D eigenvalue weighted by Crippen LogP contribution is -2.60. The van der Waals surface area contributed by atoms with E-state index < -0.39 is 0 Å². The normalized spacial score (nSPS) is 28.4. The van der Waals surface area contributed by atoms with Crippen LogP contribution in [0, 0.1) is 5.92 Å². The van der Waals surface area contributed by atoms with Crippen LogP contribution in [0.3, 0.4) is 0 Å². The van der Waals surface area contributed by atoms with E-state index in [4.69, 9.17) is 4.74 Å². The Balaban J connectivity index is 1.42. The van der Waals surface area contributed by atoms with Crippen LogP contribution in [0.5, 0.6) is 0 Å². The average molecular weight is 315 g/mol. The summed E-state index contributed by atoms with van der Waals surface area (Å²) in [5.74, 6) is 1.01. The zero-order chi connectivity index (χ0) is 15.6. The minimum Gasteiger partial charge on any atom is -0.375 e. The molecule has 1 aromatic rings. The SMILES string of the molecule is O=C(CC1CC1)N1CC[C@@H]2OCCN(Cc3ccncc3)[C@H]2C1. The summed E-state index contributed by atoms with van der Waals surface area (Å²) in [6, 6.07) is 4.47. The molecule has 0 aromatic carbocycles. The molecule has 0 unspecified atom stereocenters. The minimum absolute atomic E-state index is 0.274. The maximum Gasteiger partial charge on any atom is 0.222 e. The molecule has 0 spiro atoms. The van der Waals surface area contributed by atoms with Gasteiger partial charge in [-0.15, -0.1) is 0 Å². The number of fused-ring (bicyclic) bond motifs is 1. The number of carbonyl (C=O) groups is 1. The first-order valence-electron chi connectivity index (χ1n) is 8.82. The number of hydrogen-bond donors (Lipinski definition) is 0. The molecule has 23 heavy (non-hydrogen) atoms. The molecule has 0 bridgehead atoms. The first-order valence-corrected chi connectivity index (χ1v) is 8.82. The van der Waals surface area contributed by atoms with Crippen LogP contribution in [0.15, 0.2) is 24.5 Å². The maximum atomic E-state index is 12.4. The van der Waals surface area contributed by atoms with Crippen LogP contribution in [0.1, 0.15) is 31.2 Å². The number of amides is 1. The van der Waals surface area contributed by atoms with Gasteiger partial charge in [0, 0.05) is 45.0 Å². The Kier molecular flexibility index (Phi) is 4.31. The second kappa shape index (κ2) is 6.57. The van der Waals surface area contributed by atoms with Crippen molar-refractivity contribution in [3.63, 3.8) is 0 Å². The van der Waals surface area contributed by atoms with E-state index >= 15 is 0 Å². The van der Waals surface area contributed by atoms with Gasteiger partial charge in [-0.2, -0.15) is 0 Å². The van der Waals surface area contributed by atoms with Crippen molar-refractivity contribution in [3.05, 3.63) is 30.1 Å². The van der Waals surface area contributed by atoms with Crippen LogP contribution in [0.4, 0.5) is 0 Å². The fourth-order valence-electron chi connectivity index (χ4n) is 3.79. The highest BCUT2D eigenvalue weighted by Gasteiger charge is 2.39. The highest BCUT2D eigenvalue weighted by molar-refractivity contribution is 5.77. The van der Waals surface area contributed by atoms with Gasteiger partial charge in [-0.05, 0) is 42.9 Å². The molecule has 2 saturated heterocycles. The van der Waals surface area contributed by atoms with Gasteiger partial charge in [-0.3, -0.25) is 14.7 Å². The number of carbonyl (C=O) groups excluding carboxylic acids is 1. The molecule has 4 rings (SSSR count). The molecular weight excluding hydrogens is 290 g/mol. The number of ether oxygens (including phenoxy) is 1. The van der Waals surface area contributed by atoms with Gasteiger partial charge in [0.05, 0.1) is 18.8 Å². The number of likely N-dealkylation sites (tertiary alicyclic amines) is 1. The van der Waals surface area contributed by atoms with Gasteiger partial charge in [0.25, 0.3) is 0 Å². The quantitative estimate of drug-likeness (QED) is 0.848. The van der Waals surface area contributed by atoms with E-state index in [2.05, 4.69) is 26.9 Å². The third kappa shape index (κ3) is 3.56. The Morgan fingerprint density at radius 1 is 1.22 bits per heavy atom. The highest BCUT2D eigenvalue weighted by atomic mass is 16.5. The molecule has 0 N–H and O–H groups in total. The fourth-order valence-corrected chi connectivity index (χ4v) is 3.79. The Bertz CT molecular complexity index is 546. The summed E-state index contributed by atoms with van der Waals surface area (Å²) in [5.41, 5.74) is 1.28. The lowest BCUT2D eigenvalue weighted by Gasteiger charge is -2.47. The monoisotopic (exact) mass is 315 g/mol. The first kappa shape index (κ1) is 15.1.